The summed E-state index contributed by atoms with van der Waals surface area (Å²) in [4.78, 5) is 11.0. The molecular weight excluding hydrogens is 370 g/mol. The van der Waals surface area contributed by atoms with Gasteiger partial charge in [0, 0.05) is 17.6 Å². The molecule has 1 aliphatic heterocycles. The van der Waals surface area contributed by atoms with Crippen LogP contribution in [0.5, 0.6) is 11.5 Å². The highest BCUT2D eigenvalue weighted by Gasteiger charge is 2.27. The molecule has 1 heterocycles. The monoisotopic (exact) mass is 391 g/mol. The van der Waals surface area contributed by atoms with Crippen molar-refractivity contribution >= 4 is 17.6 Å². The minimum absolute atomic E-state index is 0.00851. The predicted octanol–water partition coefficient (Wildman–Crippen LogP) is 2.82. The third-order valence-electron chi connectivity index (χ3n) is 4.38. The maximum atomic E-state index is 11.0. The summed E-state index contributed by atoms with van der Waals surface area (Å²) in [6.45, 7) is 2.43. The second kappa shape index (κ2) is 8.61. The molecule has 1 aliphatic rings. The van der Waals surface area contributed by atoms with Gasteiger partial charge in [0.05, 0.1) is 6.10 Å². The fourth-order valence-electron chi connectivity index (χ4n) is 2.93. The summed E-state index contributed by atoms with van der Waals surface area (Å²) in [5, 5.41) is 23.2. The molecule has 0 saturated carbocycles. The molecule has 3 N–H and O–H groups in total. The van der Waals surface area contributed by atoms with E-state index in [0.29, 0.717) is 23.1 Å². The molecule has 0 bridgehead atoms. The molecule has 3 rings (SSSR count). The Labute approximate surface area is 162 Å². The molecule has 0 unspecified atom stereocenters. The molecule has 0 saturated heterocycles. The van der Waals surface area contributed by atoms with Crippen molar-refractivity contribution in [3.05, 3.63) is 58.6 Å². The number of nitrogens with one attached hydrogen (secondary N) is 1. The van der Waals surface area contributed by atoms with Crippen molar-refractivity contribution < 1.29 is 24.5 Å². The molecule has 3 atom stereocenters. The Hall–Kier alpha value is -2.28. The van der Waals surface area contributed by atoms with E-state index >= 15 is 0 Å². The largest absolute Gasteiger partial charge is 0.485 e. The van der Waals surface area contributed by atoms with E-state index in [2.05, 4.69) is 5.32 Å². The van der Waals surface area contributed by atoms with Gasteiger partial charge in [-0.15, -0.1) is 0 Å². The summed E-state index contributed by atoms with van der Waals surface area (Å²) < 4.78 is 10.9. The molecule has 0 radical (unpaired) electrons. The zero-order valence-electron chi connectivity index (χ0n) is 14.9. The lowest BCUT2D eigenvalue weighted by atomic mass is 10.0. The molecule has 0 spiro atoms. The molecule has 0 aromatic heterocycles. The normalized spacial score (nSPS) is 18.0. The topological polar surface area (TPSA) is 88.0 Å². The van der Waals surface area contributed by atoms with E-state index in [1.807, 2.05) is 31.2 Å². The molecule has 0 amide bonds. The third-order valence-corrected chi connectivity index (χ3v) is 4.61. The second-order valence-corrected chi connectivity index (χ2v) is 7.06. The summed E-state index contributed by atoms with van der Waals surface area (Å²) in [6.07, 6.45) is -0.891. The average Bonchev–Trinajstić information content (AvgIpc) is 2.65. The van der Waals surface area contributed by atoms with Crippen molar-refractivity contribution in [3.63, 3.8) is 0 Å². The number of ether oxygens (including phenoxy) is 2. The fraction of sp³-hybridized carbons (Fsp3) is 0.350. The maximum Gasteiger partial charge on any atom is 0.348 e. The van der Waals surface area contributed by atoms with E-state index in [0.717, 1.165) is 17.5 Å². The Morgan fingerprint density at radius 2 is 2.11 bits per heavy atom. The third kappa shape index (κ3) is 5.13. The number of halogens is 1. The summed E-state index contributed by atoms with van der Waals surface area (Å²) in [6, 6.07) is 12.8. The Bertz CT molecular complexity index is 813. The van der Waals surface area contributed by atoms with Crippen LogP contribution in [-0.4, -0.2) is 41.5 Å². The van der Waals surface area contributed by atoms with Crippen LogP contribution in [0.2, 0.25) is 5.02 Å². The van der Waals surface area contributed by atoms with Gasteiger partial charge in [0.15, 0.2) is 11.5 Å². The number of rotatable bonds is 7. The van der Waals surface area contributed by atoms with Crippen LogP contribution in [0.1, 0.15) is 24.2 Å². The van der Waals surface area contributed by atoms with Crippen LogP contribution in [0.25, 0.3) is 0 Å². The number of hydrogen-bond donors (Lipinski definition) is 3. The first-order chi connectivity index (χ1) is 12.9. The molecule has 7 heteroatoms. The number of carbonyl (C=O) groups is 1. The van der Waals surface area contributed by atoms with Gasteiger partial charge in [-0.25, -0.2) is 4.79 Å². The molecule has 144 valence electrons. The first-order valence-corrected chi connectivity index (χ1v) is 9.12. The summed E-state index contributed by atoms with van der Waals surface area (Å²) in [7, 11) is 0. The van der Waals surface area contributed by atoms with Crippen LogP contribution in [0.15, 0.2) is 42.5 Å². The van der Waals surface area contributed by atoms with E-state index < -0.39 is 18.2 Å². The number of hydrogen-bond acceptors (Lipinski definition) is 5. The average molecular weight is 392 g/mol. The number of aliphatic hydroxyl groups excluding tert-OH is 1. The van der Waals surface area contributed by atoms with Gasteiger partial charge < -0.3 is 25.0 Å². The molecule has 6 nitrogen and oxygen atoms in total. The summed E-state index contributed by atoms with van der Waals surface area (Å²) >= 11 is 5.96. The zero-order chi connectivity index (χ0) is 19.4. The Morgan fingerprint density at radius 3 is 2.85 bits per heavy atom. The smallest absolute Gasteiger partial charge is 0.348 e. The van der Waals surface area contributed by atoms with Gasteiger partial charge in [0.2, 0.25) is 6.10 Å². The van der Waals surface area contributed by atoms with Crippen molar-refractivity contribution in [3.8, 4) is 11.5 Å². The van der Waals surface area contributed by atoms with Crippen molar-refractivity contribution in [2.24, 2.45) is 0 Å². The first-order valence-electron chi connectivity index (χ1n) is 8.74. The Morgan fingerprint density at radius 1 is 1.30 bits per heavy atom. The van der Waals surface area contributed by atoms with E-state index in [4.69, 9.17) is 26.2 Å². The summed E-state index contributed by atoms with van der Waals surface area (Å²) in [5.41, 5.74) is 1.80. The SMILES string of the molecule is C[C@H](Cc1ccc2c(c1)OC[C@H](C(=O)O)O2)NC[C@H](O)c1cccc(Cl)c1. The highest BCUT2D eigenvalue weighted by Crippen LogP contribution is 2.33. The van der Waals surface area contributed by atoms with Gasteiger partial charge in [-0.2, -0.15) is 0 Å². The lowest BCUT2D eigenvalue weighted by Crippen LogP contribution is -2.36. The lowest BCUT2D eigenvalue weighted by molar-refractivity contribution is -0.147. The van der Waals surface area contributed by atoms with Crippen molar-refractivity contribution in [2.75, 3.05) is 13.2 Å². The number of carboxylic acids is 1. The highest BCUT2D eigenvalue weighted by molar-refractivity contribution is 6.30. The molecule has 27 heavy (non-hydrogen) atoms. The number of benzene rings is 2. The number of aliphatic carboxylic acids is 1. The van der Waals surface area contributed by atoms with Gasteiger partial charge in [0.25, 0.3) is 0 Å². The zero-order valence-corrected chi connectivity index (χ0v) is 15.6. The molecule has 0 aliphatic carbocycles. The van der Waals surface area contributed by atoms with Gasteiger partial charge in [-0.05, 0) is 48.7 Å². The lowest BCUT2D eigenvalue weighted by Gasteiger charge is -2.24. The molecule has 2 aromatic rings. The van der Waals surface area contributed by atoms with Crippen molar-refractivity contribution in [2.45, 2.75) is 31.6 Å². The predicted molar refractivity (Wildman–Crippen MR) is 102 cm³/mol. The second-order valence-electron chi connectivity index (χ2n) is 6.62. The van der Waals surface area contributed by atoms with E-state index in [9.17, 15) is 9.90 Å². The molecular formula is C20H22ClNO5. The van der Waals surface area contributed by atoms with Gasteiger partial charge in [-0.1, -0.05) is 29.8 Å². The van der Waals surface area contributed by atoms with Crippen LogP contribution < -0.4 is 14.8 Å². The minimum atomic E-state index is -1.04. The first kappa shape index (κ1) is 19.5. The fourth-order valence-corrected chi connectivity index (χ4v) is 3.13. The standard InChI is InChI=1S/C20H22ClNO5/c1-12(22-10-16(23)14-3-2-4-15(21)9-14)7-13-5-6-17-18(8-13)26-11-19(27-17)20(24)25/h2-6,8-9,12,16,19,22-23H,7,10-11H2,1H3,(H,24,25)/t12-,16+,19-/m1/s1. The minimum Gasteiger partial charge on any atom is -0.485 e. The van der Waals surface area contributed by atoms with Gasteiger partial charge >= 0.3 is 5.97 Å². The van der Waals surface area contributed by atoms with Gasteiger partial charge in [-0.3, -0.25) is 0 Å². The van der Waals surface area contributed by atoms with Crippen molar-refractivity contribution in [1.29, 1.82) is 0 Å². The molecule has 2 aromatic carbocycles. The van der Waals surface area contributed by atoms with E-state index in [1.54, 1.807) is 18.2 Å². The highest BCUT2D eigenvalue weighted by atomic mass is 35.5. The van der Waals surface area contributed by atoms with Crippen LogP contribution >= 0.6 is 11.6 Å². The van der Waals surface area contributed by atoms with E-state index in [-0.39, 0.29) is 12.6 Å². The quantitative estimate of drug-likeness (QED) is 0.672. The number of fused-ring (bicyclic) bond motifs is 1. The van der Waals surface area contributed by atoms with Crippen molar-refractivity contribution in [1.82, 2.24) is 5.32 Å². The summed E-state index contributed by atoms with van der Waals surface area (Å²) in [5.74, 6) is -0.0497. The number of aliphatic hydroxyl groups is 1. The Balaban J connectivity index is 1.54. The number of carboxylic acid groups (broad SMARTS) is 1. The van der Waals surface area contributed by atoms with Crippen LogP contribution in [0.3, 0.4) is 0 Å². The van der Waals surface area contributed by atoms with Crippen LogP contribution in [0, 0.1) is 0 Å². The molecule has 0 fully saturated rings. The Kier molecular flexibility index (Phi) is 6.21. The van der Waals surface area contributed by atoms with E-state index in [1.165, 1.54) is 0 Å². The van der Waals surface area contributed by atoms with Crippen LogP contribution in [-0.2, 0) is 11.2 Å². The maximum absolute atomic E-state index is 11.0. The van der Waals surface area contributed by atoms with Crippen LogP contribution in [0.4, 0.5) is 0 Å². The van der Waals surface area contributed by atoms with Gasteiger partial charge in [0.1, 0.15) is 6.61 Å².